The van der Waals surface area contributed by atoms with Crippen molar-refractivity contribution in [3.63, 3.8) is 0 Å². The molecule has 3 heteroatoms. The third kappa shape index (κ3) is 3.29. The predicted molar refractivity (Wildman–Crippen MR) is 59.3 cm³/mol. The van der Waals surface area contributed by atoms with Crippen LogP contribution >= 0.6 is 12.4 Å². The van der Waals surface area contributed by atoms with E-state index in [0.29, 0.717) is 6.61 Å². The molecule has 0 aromatic heterocycles. The maximum absolute atomic E-state index is 5.62. The Morgan fingerprint density at radius 2 is 1.71 bits per heavy atom. The number of hydrogen-bond donors (Lipinski definition) is 0. The lowest BCUT2D eigenvalue weighted by Crippen LogP contribution is -2.19. The Morgan fingerprint density at radius 3 is 2.36 bits per heavy atom. The Balaban J connectivity index is 0.000000980. The molecule has 0 radical (unpaired) electrons. The lowest BCUT2D eigenvalue weighted by atomic mass is 10.2. The SMILES string of the molecule is Cl.c1ccc(CON2CCCC2)cc1. The van der Waals surface area contributed by atoms with Crippen LogP contribution in [0.5, 0.6) is 0 Å². The van der Waals surface area contributed by atoms with Crippen molar-refractivity contribution in [3.8, 4) is 0 Å². The van der Waals surface area contributed by atoms with E-state index in [0.717, 1.165) is 13.1 Å². The first kappa shape index (κ1) is 11.5. The van der Waals surface area contributed by atoms with Crippen LogP contribution in [0.4, 0.5) is 0 Å². The van der Waals surface area contributed by atoms with E-state index in [9.17, 15) is 0 Å². The van der Waals surface area contributed by atoms with E-state index >= 15 is 0 Å². The number of rotatable bonds is 3. The second-order valence-corrected chi connectivity index (χ2v) is 3.40. The molecule has 0 amide bonds. The van der Waals surface area contributed by atoms with Crippen LogP contribution in [0.15, 0.2) is 30.3 Å². The van der Waals surface area contributed by atoms with Gasteiger partial charge in [-0.05, 0) is 18.4 Å². The van der Waals surface area contributed by atoms with Gasteiger partial charge in [-0.25, -0.2) is 0 Å². The number of nitrogens with zero attached hydrogens (tertiary/aromatic N) is 1. The van der Waals surface area contributed by atoms with E-state index in [1.807, 2.05) is 18.2 Å². The second kappa shape index (κ2) is 6.02. The van der Waals surface area contributed by atoms with E-state index in [4.69, 9.17) is 4.84 Å². The monoisotopic (exact) mass is 213 g/mol. The summed E-state index contributed by atoms with van der Waals surface area (Å²) >= 11 is 0. The van der Waals surface area contributed by atoms with Gasteiger partial charge in [0.25, 0.3) is 0 Å². The molecule has 0 unspecified atom stereocenters. The molecule has 0 saturated carbocycles. The summed E-state index contributed by atoms with van der Waals surface area (Å²) in [5.41, 5.74) is 1.24. The first-order valence-electron chi connectivity index (χ1n) is 4.87. The third-order valence-electron chi connectivity index (χ3n) is 2.32. The fourth-order valence-corrected chi connectivity index (χ4v) is 1.56. The first-order valence-corrected chi connectivity index (χ1v) is 4.87. The van der Waals surface area contributed by atoms with E-state index in [1.165, 1.54) is 18.4 Å². The van der Waals surface area contributed by atoms with Crippen LogP contribution in [0, 0.1) is 0 Å². The van der Waals surface area contributed by atoms with Crippen LogP contribution in [0.3, 0.4) is 0 Å². The van der Waals surface area contributed by atoms with Crippen LogP contribution in [0.1, 0.15) is 18.4 Å². The Bertz CT molecular complexity index is 247. The van der Waals surface area contributed by atoms with Crippen molar-refractivity contribution in [2.24, 2.45) is 0 Å². The van der Waals surface area contributed by atoms with Crippen LogP contribution in [-0.2, 0) is 11.4 Å². The van der Waals surface area contributed by atoms with Crippen LogP contribution < -0.4 is 0 Å². The molecule has 1 saturated heterocycles. The topological polar surface area (TPSA) is 12.5 Å². The van der Waals surface area contributed by atoms with Crippen molar-refractivity contribution in [2.75, 3.05) is 13.1 Å². The van der Waals surface area contributed by atoms with Gasteiger partial charge in [0.05, 0.1) is 6.61 Å². The average molecular weight is 214 g/mol. The highest BCUT2D eigenvalue weighted by molar-refractivity contribution is 5.85. The molecular weight excluding hydrogens is 198 g/mol. The standard InChI is InChI=1S/C11H15NO.ClH/c1-2-6-11(7-3-1)10-13-12-8-4-5-9-12;/h1-3,6-7H,4-5,8-10H2;1H. The minimum atomic E-state index is 0. The Hall–Kier alpha value is -0.570. The number of benzene rings is 1. The molecule has 0 spiro atoms. The summed E-state index contributed by atoms with van der Waals surface area (Å²) in [4.78, 5) is 5.62. The molecule has 2 rings (SSSR count). The van der Waals surface area contributed by atoms with Gasteiger partial charge in [-0.3, -0.25) is 4.84 Å². The molecule has 1 aromatic carbocycles. The van der Waals surface area contributed by atoms with Gasteiger partial charge < -0.3 is 0 Å². The zero-order valence-corrected chi connectivity index (χ0v) is 9.00. The second-order valence-electron chi connectivity index (χ2n) is 3.40. The summed E-state index contributed by atoms with van der Waals surface area (Å²) in [5, 5.41) is 2.06. The van der Waals surface area contributed by atoms with Gasteiger partial charge in [0.15, 0.2) is 0 Å². The minimum absolute atomic E-state index is 0. The molecule has 1 aromatic rings. The van der Waals surface area contributed by atoms with Gasteiger partial charge in [0, 0.05) is 13.1 Å². The molecule has 0 atom stereocenters. The van der Waals surface area contributed by atoms with Crippen molar-refractivity contribution in [2.45, 2.75) is 19.4 Å². The summed E-state index contributed by atoms with van der Waals surface area (Å²) in [5.74, 6) is 0. The smallest absolute Gasteiger partial charge is 0.0935 e. The van der Waals surface area contributed by atoms with Crippen molar-refractivity contribution >= 4 is 12.4 Å². The van der Waals surface area contributed by atoms with Crippen molar-refractivity contribution in [1.82, 2.24) is 5.06 Å². The first-order chi connectivity index (χ1) is 6.45. The van der Waals surface area contributed by atoms with Crippen molar-refractivity contribution in [1.29, 1.82) is 0 Å². The van der Waals surface area contributed by atoms with Crippen LogP contribution in [0.2, 0.25) is 0 Å². The molecule has 1 aliphatic heterocycles. The maximum Gasteiger partial charge on any atom is 0.0935 e. The fourth-order valence-electron chi connectivity index (χ4n) is 1.56. The normalized spacial score (nSPS) is 16.6. The summed E-state index contributed by atoms with van der Waals surface area (Å²) < 4.78 is 0. The molecular formula is C11H16ClNO. The predicted octanol–water partition coefficient (Wildman–Crippen LogP) is 2.64. The molecule has 1 heterocycles. The van der Waals surface area contributed by atoms with Gasteiger partial charge in [-0.1, -0.05) is 30.3 Å². The number of hydroxylamine groups is 2. The zero-order chi connectivity index (χ0) is 8.93. The van der Waals surface area contributed by atoms with Gasteiger partial charge in [0.1, 0.15) is 0 Å². The largest absolute Gasteiger partial charge is 0.294 e. The Labute approximate surface area is 91.2 Å². The molecule has 78 valence electrons. The lowest BCUT2D eigenvalue weighted by Gasteiger charge is -2.14. The summed E-state index contributed by atoms with van der Waals surface area (Å²) in [6.45, 7) is 2.89. The number of hydrogen-bond acceptors (Lipinski definition) is 2. The molecule has 2 nitrogen and oxygen atoms in total. The summed E-state index contributed by atoms with van der Waals surface area (Å²) in [6, 6.07) is 10.3. The fraction of sp³-hybridized carbons (Fsp3) is 0.455. The van der Waals surface area contributed by atoms with Gasteiger partial charge in [-0.2, -0.15) is 5.06 Å². The van der Waals surface area contributed by atoms with E-state index in [1.54, 1.807) is 0 Å². The quantitative estimate of drug-likeness (QED) is 0.766. The lowest BCUT2D eigenvalue weighted by molar-refractivity contribution is -0.153. The minimum Gasteiger partial charge on any atom is -0.294 e. The maximum atomic E-state index is 5.62. The highest BCUT2D eigenvalue weighted by Crippen LogP contribution is 2.10. The molecule has 0 N–H and O–H groups in total. The molecule has 0 aliphatic carbocycles. The highest BCUT2D eigenvalue weighted by Gasteiger charge is 2.11. The van der Waals surface area contributed by atoms with Gasteiger partial charge >= 0.3 is 0 Å². The summed E-state index contributed by atoms with van der Waals surface area (Å²) in [7, 11) is 0. The zero-order valence-electron chi connectivity index (χ0n) is 8.19. The van der Waals surface area contributed by atoms with Gasteiger partial charge in [-0.15, -0.1) is 12.4 Å². The van der Waals surface area contributed by atoms with E-state index in [-0.39, 0.29) is 12.4 Å². The Morgan fingerprint density at radius 1 is 1.07 bits per heavy atom. The molecule has 14 heavy (non-hydrogen) atoms. The van der Waals surface area contributed by atoms with Gasteiger partial charge in [0.2, 0.25) is 0 Å². The summed E-state index contributed by atoms with van der Waals surface area (Å²) in [6.07, 6.45) is 2.55. The Kier molecular flexibility index (Phi) is 4.94. The van der Waals surface area contributed by atoms with E-state index in [2.05, 4.69) is 17.2 Å². The van der Waals surface area contributed by atoms with Crippen LogP contribution in [-0.4, -0.2) is 18.2 Å². The van der Waals surface area contributed by atoms with Crippen LogP contribution in [0.25, 0.3) is 0 Å². The van der Waals surface area contributed by atoms with Crippen molar-refractivity contribution < 1.29 is 4.84 Å². The molecule has 1 aliphatic rings. The average Bonchev–Trinajstić information content (AvgIpc) is 2.69. The third-order valence-corrected chi connectivity index (χ3v) is 2.32. The highest BCUT2D eigenvalue weighted by atomic mass is 35.5. The number of halogens is 1. The molecule has 1 fully saturated rings. The van der Waals surface area contributed by atoms with Crippen molar-refractivity contribution in [3.05, 3.63) is 35.9 Å². The van der Waals surface area contributed by atoms with E-state index < -0.39 is 0 Å². The molecule has 0 bridgehead atoms.